The Balaban J connectivity index is 2.32. The van der Waals surface area contributed by atoms with Gasteiger partial charge in [0.15, 0.2) is 0 Å². The molecule has 0 spiro atoms. The predicted octanol–water partition coefficient (Wildman–Crippen LogP) is 5.63. The third-order valence-corrected chi connectivity index (χ3v) is 5.81. The Morgan fingerprint density at radius 2 is 1.16 bits per heavy atom. The lowest BCUT2D eigenvalue weighted by Gasteiger charge is -2.39. The van der Waals surface area contributed by atoms with Crippen LogP contribution in [-0.2, 0) is 4.79 Å². The third-order valence-electron chi connectivity index (χ3n) is 5.81. The van der Waals surface area contributed by atoms with Gasteiger partial charge in [0.05, 0.1) is 0 Å². The molecule has 1 aliphatic rings. The van der Waals surface area contributed by atoms with E-state index in [2.05, 4.69) is 18.7 Å². The fraction of sp³-hybridized carbons (Fsp3) is 0.955. The smallest absolute Gasteiger partial charge is 0.219 e. The first-order valence-electron chi connectivity index (χ1n) is 11.2. The number of nitrogens with zero attached hydrogens (tertiary/aromatic N) is 2. The van der Waals surface area contributed by atoms with Crippen molar-refractivity contribution in [2.45, 2.75) is 110 Å². The molecule has 3 heteroatoms. The van der Waals surface area contributed by atoms with Gasteiger partial charge in [-0.3, -0.25) is 9.69 Å². The largest absolute Gasteiger partial charge is 0.340 e. The number of hydrogen-bond donors (Lipinski definition) is 0. The average Bonchev–Trinajstić information content (AvgIpc) is 2.62. The molecule has 1 unspecified atom stereocenters. The second kappa shape index (κ2) is 14.6. The summed E-state index contributed by atoms with van der Waals surface area (Å²) in [4.78, 5) is 16.3. The van der Waals surface area contributed by atoms with Crippen molar-refractivity contribution in [2.24, 2.45) is 0 Å². The van der Waals surface area contributed by atoms with Gasteiger partial charge in [-0.2, -0.15) is 0 Å². The highest BCUT2D eigenvalue weighted by molar-refractivity contribution is 5.73. The van der Waals surface area contributed by atoms with E-state index < -0.39 is 0 Å². The molecule has 148 valence electrons. The molecule has 1 fully saturated rings. The van der Waals surface area contributed by atoms with Crippen LogP contribution in [0.3, 0.4) is 0 Å². The lowest BCUT2D eigenvalue weighted by Crippen LogP contribution is -2.51. The minimum absolute atomic E-state index is 0.242. The number of carbonyl (C=O) groups is 1. The Hall–Kier alpha value is -0.570. The minimum atomic E-state index is 0.242. The van der Waals surface area contributed by atoms with E-state index in [0.29, 0.717) is 0 Å². The van der Waals surface area contributed by atoms with Crippen molar-refractivity contribution in [3.63, 3.8) is 0 Å². The molecule has 0 aromatic heterocycles. The fourth-order valence-corrected chi connectivity index (χ4v) is 4.06. The van der Waals surface area contributed by atoms with Crippen LogP contribution in [0.5, 0.6) is 0 Å². The molecule has 1 atom stereocenters. The molecule has 0 saturated carbocycles. The average molecular weight is 353 g/mol. The Kier molecular flexibility index (Phi) is 13.1. The molecule has 0 aromatic rings. The summed E-state index contributed by atoms with van der Waals surface area (Å²) in [6.45, 7) is 10.3. The second-order valence-electron chi connectivity index (χ2n) is 7.96. The van der Waals surface area contributed by atoms with Gasteiger partial charge in [0.25, 0.3) is 0 Å². The van der Waals surface area contributed by atoms with Crippen LogP contribution in [0.4, 0.5) is 0 Å². The zero-order valence-corrected chi connectivity index (χ0v) is 17.4. The summed E-state index contributed by atoms with van der Waals surface area (Å²) in [6.07, 6.45) is 18.0. The molecule has 0 radical (unpaired) electrons. The number of rotatable bonds is 14. The predicted molar refractivity (Wildman–Crippen MR) is 109 cm³/mol. The van der Waals surface area contributed by atoms with E-state index in [0.717, 1.165) is 32.2 Å². The van der Waals surface area contributed by atoms with Crippen molar-refractivity contribution in [1.82, 2.24) is 9.80 Å². The van der Waals surface area contributed by atoms with Crippen molar-refractivity contribution < 1.29 is 4.79 Å². The van der Waals surface area contributed by atoms with Gasteiger partial charge in [-0.1, -0.05) is 84.5 Å². The molecule has 1 saturated heterocycles. The number of carbonyl (C=O) groups excluding carboxylic acids is 1. The van der Waals surface area contributed by atoms with E-state index in [1.165, 1.54) is 83.5 Å². The summed E-state index contributed by atoms with van der Waals surface area (Å²) in [5.41, 5.74) is 0. The molecule has 1 rings (SSSR count). The maximum absolute atomic E-state index is 11.6. The van der Waals surface area contributed by atoms with Crippen molar-refractivity contribution in [3.05, 3.63) is 0 Å². The minimum Gasteiger partial charge on any atom is -0.340 e. The summed E-state index contributed by atoms with van der Waals surface area (Å²) < 4.78 is 0. The topological polar surface area (TPSA) is 23.6 Å². The Labute approximate surface area is 157 Å². The lowest BCUT2D eigenvalue weighted by atomic mass is 9.98. The number of amides is 1. The zero-order chi connectivity index (χ0) is 18.3. The highest BCUT2D eigenvalue weighted by Crippen LogP contribution is 2.20. The van der Waals surface area contributed by atoms with Crippen molar-refractivity contribution in [2.75, 3.05) is 26.2 Å². The quantitative estimate of drug-likeness (QED) is 0.378. The first-order valence-corrected chi connectivity index (χ1v) is 11.2. The van der Waals surface area contributed by atoms with Crippen LogP contribution in [0, 0.1) is 0 Å². The molecule has 1 heterocycles. The zero-order valence-electron chi connectivity index (χ0n) is 17.4. The summed E-state index contributed by atoms with van der Waals surface area (Å²) in [5, 5.41) is 0. The first-order chi connectivity index (χ1) is 12.2. The Morgan fingerprint density at radius 1 is 0.720 bits per heavy atom. The number of hydrogen-bond acceptors (Lipinski definition) is 2. The van der Waals surface area contributed by atoms with E-state index in [1.54, 1.807) is 6.92 Å². The third kappa shape index (κ3) is 10.2. The summed E-state index contributed by atoms with van der Waals surface area (Å²) >= 11 is 0. The lowest BCUT2D eigenvalue weighted by molar-refractivity contribution is -0.130. The van der Waals surface area contributed by atoms with Gasteiger partial charge < -0.3 is 4.90 Å². The highest BCUT2D eigenvalue weighted by atomic mass is 16.2. The second-order valence-corrected chi connectivity index (χ2v) is 7.96. The van der Waals surface area contributed by atoms with E-state index in [4.69, 9.17) is 0 Å². The van der Waals surface area contributed by atoms with Crippen LogP contribution in [0.1, 0.15) is 104 Å². The van der Waals surface area contributed by atoms with Gasteiger partial charge in [-0.15, -0.1) is 0 Å². The van der Waals surface area contributed by atoms with Gasteiger partial charge in [0, 0.05) is 39.1 Å². The number of piperazine rings is 1. The molecular weight excluding hydrogens is 308 g/mol. The SMILES string of the molecule is CCCCCCCCC(CCCCCCC)N1CCN(C(C)=O)CC1. The van der Waals surface area contributed by atoms with Gasteiger partial charge in [0.2, 0.25) is 5.91 Å². The summed E-state index contributed by atoms with van der Waals surface area (Å²) in [5.74, 6) is 0.242. The molecular formula is C22H44N2O. The Bertz CT molecular complexity index is 324. The van der Waals surface area contributed by atoms with E-state index >= 15 is 0 Å². The van der Waals surface area contributed by atoms with E-state index in [-0.39, 0.29) is 5.91 Å². The van der Waals surface area contributed by atoms with Gasteiger partial charge in [0.1, 0.15) is 0 Å². The monoisotopic (exact) mass is 352 g/mol. The Morgan fingerprint density at radius 3 is 1.60 bits per heavy atom. The highest BCUT2D eigenvalue weighted by Gasteiger charge is 2.24. The molecule has 0 aromatic carbocycles. The normalized spacial score (nSPS) is 17.0. The van der Waals surface area contributed by atoms with Crippen LogP contribution < -0.4 is 0 Å². The molecule has 0 N–H and O–H groups in total. The van der Waals surface area contributed by atoms with Gasteiger partial charge in [-0.05, 0) is 12.8 Å². The maximum Gasteiger partial charge on any atom is 0.219 e. The van der Waals surface area contributed by atoms with Crippen LogP contribution in [-0.4, -0.2) is 47.9 Å². The van der Waals surface area contributed by atoms with E-state index in [1.807, 2.05) is 4.90 Å². The van der Waals surface area contributed by atoms with Crippen LogP contribution in [0.2, 0.25) is 0 Å². The standard InChI is InChI=1S/C22H44N2O/c1-4-6-8-10-12-14-16-22(15-13-11-9-7-5-2)24-19-17-23(18-20-24)21(3)25/h22H,4-20H2,1-3H3. The molecule has 1 aliphatic heterocycles. The fourth-order valence-electron chi connectivity index (χ4n) is 4.06. The summed E-state index contributed by atoms with van der Waals surface area (Å²) in [7, 11) is 0. The first kappa shape index (κ1) is 22.5. The molecule has 0 aliphatic carbocycles. The summed E-state index contributed by atoms with van der Waals surface area (Å²) in [6, 6.07) is 0.752. The number of unbranched alkanes of at least 4 members (excludes halogenated alkanes) is 9. The molecule has 0 bridgehead atoms. The van der Waals surface area contributed by atoms with E-state index in [9.17, 15) is 4.79 Å². The van der Waals surface area contributed by atoms with Crippen LogP contribution in [0.15, 0.2) is 0 Å². The van der Waals surface area contributed by atoms with Crippen LogP contribution >= 0.6 is 0 Å². The van der Waals surface area contributed by atoms with Crippen molar-refractivity contribution >= 4 is 5.91 Å². The van der Waals surface area contributed by atoms with Crippen LogP contribution in [0.25, 0.3) is 0 Å². The van der Waals surface area contributed by atoms with Gasteiger partial charge in [-0.25, -0.2) is 0 Å². The molecule has 25 heavy (non-hydrogen) atoms. The maximum atomic E-state index is 11.6. The van der Waals surface area contributed by atoms with Crippen molar-refractivity contribution in [1.29, 1.82) is 0 Å². The van der Waals surface area contributed by atoms with Gasteiger partial charge >= 0.3 is 0 Å². The molecule has 3 nitrogen and oxygen atoms in total. The van der Waals surface area contributed by atoms with Crippen molar-refractivity contribution in [3.8, 4) is 0 Å². The molecule has 1 amide bonds.